The van der Waals surface area contributed by atoms with Gasteiger partial charge < -0.3 is 15.0 Å². The number of fused-ring (bicyclic) bond motifs is 2. The number of nitrogens with one attached hydrogen (secondary N) is 1. The number of hydrogen-bond acceptors (Lipinski definition) is 7. The van der Waals surface area contributed by atoms with E-state index in [-0.39, 0.29) is 17.0 Å². The normalized spacial score (nSPS) is 13.7. The summed E-state index contributed by atoms with van der Waals surface area (Å²) in [5.41, 5.74) is 3.33. The molecule has 1 N–H and O–H groups in total. The van der Waals surface area contributed by atoms with Gasteiger partial charge in [-0.3, -0.25) is 4.79 Å². The Balaban J connectivity index is 1.30. The number of aromatic nitrogens is 5. The summed E-state index contributed by atoms with van der Waals surface area (Å²) in [7, 11) is 0. The average molecular weight is 481 g/mol. The third-order valence-electron chi connectivity index (χ3n) is 6.11. The van der Waals surface area contributed by atoms with Crippen molar-refractivity contribution in [2.45, 2.75) is 13.3 Å². The molecular weight excluding hydrogens is 461 g/mol. The van der Waals surface area contributed by atoms with Crippen LogP contribution in [0.3, 0.4) is 0 Å². The van der Waals surface area contributed by atoms with Crippen molar-refractivity contribution in [2.24, 2.45) is 0 Å². The molecular formula is C26H20FN7O2. The smallest absolute Gasteiger partial charge is 0.253 e. The van der Waals surface area contributed by atoms with Gasteiger partial charge in [0.05, 0.1) is 16.6 Å². The highest BCUT2D eigenvalue weighted by Crippen LogP contribution is 2.35. The number of anilines is 3. The van der Waals surface area contributed by atoms with E-state index in [0.29, 0.717) is 52.7 Å². The molecule has 2 aromatic carbocycles. The minimum atomic E-state index is -0.556. The fourth-order valence-corrected chi connectivity index (χ4v) is 4.25. The first kappa shape index (κ1) is 21.7. The van der Waals surface area contributed by atoms with Crippen molar-refractivity contribution in [3.05, 3.63) is 84.8 Å². The number of ether oxygens (including phenoxy) is 1. The molecule has 0 radical (unpaired) electrons. The van der Waals surface area contributed by atoms with Crippen LogP contribution in [0.25, 0.3) is 16.6 Å². The van der Waals surface area contributed by atoms with Gasteiger partial charge in [-0.25, -0.2) is 23.9 Å². The topological polar surface area (TPSA) is 97.5 Å². The van der Waals surface area contributed by atoms with Crippen molar-refractivity contribution in [3.63, 3.8) is 0 Å². The molecule has 10 heteroatoms. The molecule has 1 amide bonds. The molecule has 3 aromatic heterocycles. The van der Waals surface area contributed by atoms with E-state index < -0.39 is 5.82 Å². The van der Waals surface area contributed by atoms with Crippen molar-refractivity contribution >= 4 is 39.6 Å². The number of rotatable bonds is 5. The Kier molecular flexibility index (Phi) is 5.06. The molecule has 0 atom stereocenters. The molecule has 1 saturated heterocycles. The first-order valence-electron chi connectivity index (χ1n) is 11.3. The Bertz CT molecular complexity index is 1680. The van der Waals surface area contributed by atoms with Crippen LogP contribution >= 0.6 is 0 Å². The second-order valence-electron chi connectivity index (χ2n) is 8.46. The number of carbonyl (C=O) groups excluding carboxylic acids is 1. The minimum absolute atomic E-state index is 0.188. The second-order valence-corrected chi connectivity index (χ2v) is 8.46. The molecule has 5 aromatic rings. The van der Waals surface area contributed by atoms with E-state index in [1.54, 1.807) is 35.0 Å². The van der Waals surface area contributed by atoms with Gasteiger partial charge in [-0.05, 0) is 55.3 Å². The Morgan fingerprint density at radius 1 is 1.08 bits per heavy atom. The number of hydrogen-bond donors (Lipinski definition) is 1. The Hall–Kier alpha value is -4.86. The van der Waals surface area contributed by atoms with Crippen LogP contribution in [0.1, 0.15) is 12.0 Å². The van der Waals surface area contributed by atoms with Crippen LogP contribution in [0, 0.1) is 12.7 Å². The molecule has 6 rings (SSSR count). The lowest BCUT2D eigenvalue weighted by molar-refractivity contribution is -0.114. The highest BCUT2D eigenvalue weighted by atomic mass is 19.1. The van der Waals surface area contributed by atoms with E-state index in [9.17, 15) is 4.79 Å². The van der Waals surface area contributed by atoms with Crippen LogP contribution in [-0.2, 0) is 4.79 Å². The minimum Gasteiger partial charge on any atom is -0.457 e. The zero-order valence-electron chi connectivity index (χ0n) is 19.3. The van der Waals surface area contributed by atoms with E-state index in [0.717, 1.165) is 5.56 Å². The zero-order chi connectivity index (χ0) is 24.8. The zero-order valence-corrected chi connectivity index (χ0v) is 19.3. The van der Waals surface area contributed by atoms with Crippen molar-refractivity contribution in [3.8, 4) is 11.5 Å². The van der Waals surface area contributed by atoms with Gasteiger partial charge in [0.1, 0.15) is 30.0 Å². The molecule has 1 aliphatic heterocycles. The fourth-order valence-electron chi connectivity index (χ4n) is 4.25. The molecule has 178 valence electrons. The standard InChI is InChI=1S/C26H20FN7O2/c1-15-7-9-33(26(15)35)20-5-4-19-23(24(20)27)25(30-13-28-19)32-17-3-6-21(16(2)11-17)36-18-8-10-34-22(12-18)29-14-31-34/h3-6,8,10-14H,1,7,9H2,2H3,(H,28,30,32). The van der Waals surface area contributed by atoms with E-state index in [2.05, 4.69) is 31.9 Å². The maximum atomic E-state index is 15.7. The van der Waals surface area contributed by atoms with Gasteiger partial charge in [-0.2, -0.15) is 5.10 Å². The average Bonchev–Trinajstić information content (AvgIpc) is 3.47. The Morgan fingerprint density at radius 3 is 2.78 bits per heavy atom. The first-order valence-corrected chi connectivity index (χ1v) is 11.3. The van der Waals surface area contributed by atoms with Crippen molar-refractivity contribution in [2.75, 3.05) is 16.8 Å². The van der Waals surface area contributed by atoms with Crippen LogP contribution in [0.4, 0.5) is 21.6 Å². The summed E-state index contributed by atoms with van der Waals surface area (Å²) < 4.78 is 23.4. The van der Waals surface area contributed by atoms with Crippen molar-refractivity contribution < 1.29 is 13.9 Å². The molecule has 0 spiro atoms. The number of benzene rings is 2. The summed E-state index contributed by atoms with van der Waals surface area (Å²) >= 11 is 0. The SMILES string of the molecule is C=C1CCN(c2ccc3ncnc(Nc4ccc(Oc5ccn6ncnc6c5)c(C)c4)c3c2F)C1=O. The predicted molar refractivity (Wildman–Crippen MR) is 133 cm³/mol. The summed E-state index contributed by atoms with van der Waals surface area (Å²) in [5, 5.41) is 7.48. The van der Waals surface area contributed by atoms with Gasteiger partial charge in [0, 0.05) is 30.1 Å². The van der Waals surface area contributed by atoms with Gasteiger partial charge in [0.25, 0.3) is 5.91 Å². The van der Waals surface area contributed by atoms with Gasteiger partial charge in [-0.15, -0.1) is 0 Å². The molecule has 36 heavy (non-hydrogen) atoms. The quantitative estimate of drug-likeness (QED) is 0.355. The lowest BCUT2D eigenvalue weighted by atomic mass is 10.1. The summed E-state index contributed by atoms with van der Waals surface area (Å²) in [6.45, 7) is 6.07. The Labute approximate surface area is 204 Å². The number of amides is 1. The largest absolute Gasteiger partial charge is 0.457 e. The van der Waals surface area contributed by atoms with Gasteiger partial charge >= 0.3 is 0 Å². The van der Waals surface area contributed by atoms with Crippen LogP contribution in [0.5, 0.6) is 11.5 Å². The molecule has 9 nitrogen and oxygen atoms in total. The van der Waals surface area contributed by atoms with E-state index in [1.807, 2.05) is 25.1 Å². The lowest BCUT2D eigenvalue weighted by Gasteiger charge is -2.18. The molecule has 1 fully saturated rings. The summed E-state index contributed by atoms with van der Waals surface area (Å²) in [6, 6.07) is 12.4. The number of carbonyl (C=O) groups is 1. The molecule has 0 unspecified atom stereocenters. The third kappa shape index (κ3) is 3.68. The number of pyridine rings is 1. The van der Waals surface area contributed by atoms with Gasteiger partial charge in [-0.1, -0.05) is 6.58 Å². The first-order chi connectivity index (χ1) is 17.5. The van der Waals surface area contributed by atoms with E-state index >= 15 is 4.39 Å². The van der Waals surface area contributed by atoms with Crippen molar-refractivity contribution in [1.82, 2.24) is 24.6 Å². The van der Waals surface area contributed by atoms with E-state index in [4.69, 9.17) is 4.74 Å². The van der Waals surface area contributed by atoms with Crippen LogP contribution in [0.2, 0.25) is 0 Å². The fraction of sp³-hybridized carbons (Fsp3) is 0.115. The summed E-state index contributed by atoms with van der Waals surface area (Å²) in [4.78, 5) is 26.5. The van der Waals surface area contributed by atoms with Crippen LogP contribution in [0.15, 0.2) is 73.5 Å². The molecule has 0 bridgehead atoms. The van der Waals surface area contributed by atoms with Crippen LogP contribution in [-0.4, -0.2) is 37.0 Å². The number of halogens is 1. The summed E-state index contributed by atoms with van der Waals surface area (Å²) in [5.74, 6) is 0.774. The molecule has 4 heterocycles. The number of aryl methyl sites for hydroxylation is 1. The maximum Gasteiger partial charge on any atom is 0.253 e. The predicted octanol–water partition coefficient (Wildman–Crippen LogP) is 4.95. The van der Waals surface area contributed by atoms with E-state index in [1.165, 1.54) is 17.6 Å². The number of nitrogens with zero attached hydrogens (tertiary/aromatic N) is 6. The van der Waals surface area contributed by atoms with Gasteiger partial charge in [0.2, 0.25) is 0 Å². The van der Waals surface area contributed by atoms with Gasteiger partial charge in [0.15, 0.2) is 11.5 Å². The molecule has 0 saturated carbocycles. The summed E-state index contributed by atoms with van der Waals surface area (Å²) in [6.07, 6.45) is 5.13. The Morgan fingerprint density at radius 2 is 1.97 bits per heavy atom. The monoisotopic (exact) mass is 481 g/mol. The lowest BCUT2D eigenvalue weighted by Crippen LogP contribution is -2.25. The highest BCUT2D eigenvalue weighted by molar-refractivity contribution is 6.09. The second kappa shape index (κ2) is 8.42. The molecule has 1 aliphatic rings. The van der Waals surface area contributed by atoms with Crippen molar-refractivity contribution in [1.29, 1.82) is 0 Å². The highest BCUT2D eigenvalue weighted by Gasteiger charge is 2.29. The maximum absolute atomic E-state index is 15.7. The third-order valence-corrected chi connectivity index (χ3v) is 6.11. The van der Waals surface area contributed by atoms with Crippen LogP contribution < -0.4 is 15.0 Å². The molecule has 0 aliphatic carbocycles.